The molecule has 0 bridgehead atoms. The first-order valence-electron chi connectivity index (χ1n) is 6.55. The van der Waals surface area contributed by atoms with Gasteiger partial charge in [-0.15, -0.1) is 0 Å². The van der Waals surface area contributed by atoms with E-state index in [9.17, 15) is 4.79 Å². The van der Waals surface area contributed by atoms with Gasteiger partial charge < -0.3 is 4.74 Å². The van der Waals surface area contributed by atoms with E-state index < -0.39 is 15.4 Å². The van der Waals surface area contributed by atoms with Crippen molar-refractivity contribution < 1.29 is 9.53 Å². The lowest BCUT2D eigenvalue weighted by Crippen LogP contribution is -2.40. The van der Waals surface area contributed by atoms with Crippen LogP contribution in [0.2, 0.25) is 5.02 Å². The van der Waals surface area contributed by atoms with Crippen molar-refractivity contribution in [2.24, 2.45) is 0 Å². The van der Waals surface area contributed by atoms with Crippen LogP contribution >= 0.6 is 46.4 Å². The zero-order valence-electron chi connectivity index (χ0n) is 12.0. The van der Waals surface area contributed by atoms with E-state index in [2.05, 4.69) is 10.1 Å². The molecule has 0 aliphatic rings. The van der Waals surface area contributed by atoms with Crippen molar-refractivity contribution in [1.82, 2.24) is 14.8 Å². The van der Waals surface area contributed by atoms with Gasteiger partial charge in [-0.1, -0.05) is 58.5 Å². The summed E-state index contributed by atoms with van der Waals surface area (Å²) in [6.45, 7) is 1.44. The lowest BCUT2D eigenvalue weighted by atomic mass is 9.90. The van der Waals surface area contributed by atoms with E-state index in [4.69, 9.17) is 51.1 Å². The molecule has 0 spiro atoms. The van der Waals surface area contributed by atoms with Crippen LogP contribution in [0.3, 0.4) is 0 Å². The molecule has 2 rings (SSSR count). The second-order valence-corrected chi connectivity index (χ2v) is 7.93. The standard InChI is InChI=1S/C14H13Cl4N3O2/c1-10(22)23-13(6-14(16,17)18,7-21-9-19-8-20-21)11-2-4-12(15)5-3-11/h2-5,8-9H,6-7H2,1H3. The van der Waals surface area contributed by atoms with Gasteiger partial charge in [-0.25, -0.2) is 9.67 Å². The third-order valence-corrected chi connectivity index (χ3v) is 3.73. The highest BCUT2D eigenvalue weighted by molar-refractivity contribution is 6.67. The van der Waals surface area contributed by atoms with Gasteiger partial charge in [-0.3, -0.25) is 4.79 Å². The third-order valence-electron chi connectivity index (χ3n) is 3.08. The number of halogens is 4. The molecule has 0 N–H and O–H groups in total. The maximum atomic E-state index is 11.7. The molecule has 9 heteroatoms. The fourth-order valence-electron chi connectivity index (χ4n) is 2.31. The summed E-state index contributed by atoms with van der Waals surface area (Å²) >= 11 is 23.9. The zero-order valence-corrected chi connectivity index (χ0v) is 15.1. The largest absolute Gasteiger partial charge is 0.452 e. The first-order chi connectivity index (χ1) is 10.7. The van der Waals surface area contributed by atoms with Crippen molar-refractivity contribution in [2.45, 2.75) is 29.3 Å². The van der Waals surface area contributed by atoms with Crippen LogP contribution in [0.4, 0.5) is 0 Å². The number of hydrogen-bond donors (Lipinski definition) is 0. The summed E-state index contributed by atoms with van der Waals surface area (Å²) in [5.74, 6) is -0.505. The van der Waals surface area contributed by atoms with E-state index in [0.29, 0.717) is 10.6 Å². The number of benzene rings is 1. The molecule has 1 heterocycles. The van der Waals surface area contributed by atoms with Crippen LogP contribution in [0.15, 0.2) is 36.9 Å². The van der Waals surface area contributed by atoms with E-state index in [-0.39, 0.29) is 13.0 Å². The fourth-order valence-corrected chi connectivity index (χ4v) is 3.08. The minimum Gasteiger partial charge on any atom is -0.452 e. The highest BCUT2D eigenvalue weighted by Gasteiger charge is 2.43. The molecule has 0 aliphatic heterocycles. The van der Waals surface area contributed by atoms with Crippen LogP contribution in [0, 0.1) is 0 Å². The predicted octanol–water partition coefficient (Wildman–Crippen LogP) is 4.15. The van der Waals surface area contributed by atoms with Crippen LogP contribution < -0.4 is 0 Å². The van der Waals surface area contributed by atoms with Gasteiger partial charge in [0.2, 0.25) is 0 Å². The summed E-state index contributed by atoms with van der Waals surface area (Å²) in [7, 11) is 0. The SMILES string of the molecule is CC(=O)OC(Cn1cncn1)(CC(Cl)(Cl)Cl)c1ccc(Cl)cc1. The molecular formula is C14H13Cl4N3O2. The summed E-state index contributed by atoms with van der Waals surface area (Å²) in [4.78, 5) is 15.6. The molecule has 0 saturated heterocycles. The van der Waals surface area contributed by atoms with Gasteiger partial charge in [-0.05, 0) is 17.7 Å². The third kappa shape index (κ3) is 5.24. The summed E-state index contributed by atoms with van der Waals surface area (Å²) in [6, 6.07) is 6.79. The molecule has 0 amide bonds. The van der Waals surface area contributed by atoms with Gasteiger partial charge in [0.25, 0.3) is 0 Å². The highest BCUT2D eigenvalue weighted by atomic mass is 35.6. The number of alkyl halides is 3. The van der Waals surface area contributed by atoms with Gasteiger partial charge in [0.1, 0.15) is 12.7 Å². The first kappa shape index (κ1) is 18.3. The number of aromatic nitrogens is 3. The summed E-state index contributed by atoms with van der Waals surface area (Å²) in [5.41, 5.74) is -0.589. The fraction of sp³-hybridized carbons (Fsp3) is 0.357. The molecule has 124 valence electrons. The monoisotopic (exact) mass is 395 g/mol. The Morgan fingerprint density at radius 3 is 2.39 bits per heavy atom. The lowest BCUT2D eigenvalue weighted by Gasteiger charge is -2.35. The Hall–Kier alpha value is -1.01. The van der Waals surface area contributed by atoms with Gasteiger partial charge >= 0.3 is 5.97 Å². The predicted molar refractivity (Wildman–Crippen MR) is 89.8 cm³/mol. The van der Waals surface area contributed by atoms with Crippen molar-refractivity contribution >= 4 is 52.4 Å². The first-order valence-corrected chi connectivity index (χ1v) is 8.06. The van der Waals surface area contributed by atoms with Crippen LogP contribution in [-0.2, 0) is 21.7 Å². The van der Waals surface area contributed by atoms with Gasteiger partial charge in [0.05, 0.1) is 6.54 Å². The average molecular weight is 397 g/mol. The van der Waals surface area contributed by atoms with Gasteiger partial charge in [-0.2, -0.15) is 5.10 Å². The number of hydrogen-bond acceptors (Lipinski definition) is 4. The molecular weight excluding hydrogens is 384 g/mol. The molecule has 5 nitrogen and oxygen atoms in total. The van der Waals surface area contributed by atoms with Crippen LogP contribution in [0.1, 0.15) is 18.9 Å². The van der Waals surface area contributed by atoms with Crippen molar-refractivity contribution in [2.75, 3.05) is 0 Å². The topological polar surface area (TPSA) is 57.0 Å². The summed E-state index contributed by atoms with van der Waals surface area (Å²) in [5, 5.41) is 4.58. The van der Waals surface area contributed by atoms with Crippen molar-refractivity contribution in [3.05, 3.63) is 47.5 Å². The van der Waals surface area contributed by atoms with Crippen molar-refractivity contribution in [3.8, 4) is 0 Å². The average Bonchev–Trinajstić information content (AvgIpc) is 2.89. The summed E-state index contributed by atoms with van der Waals surface area (Å²) < 4.78 is 5.45. The second-order valence-electron chi connectivity index (χ2n) is 4.98. The van der Waals surface area contributed by atoms with E-state index in [1.165, 1.54) is 24.3 Å². The maximum absolute atomic E-state index is 11.7. The normalized spacial score (nSPS) is 14.3. The zero-order chi connectivity index (χ0) is 17.1. The molecule has 0 fully saturated rings. The summed E-state index contributed by atoms with van der Waals surface area (Å²) in [6.07, 6.45) is 2.80. The molecule has 1 atom stereocenters. The Bertz CT molecular complexity index is 656. The number of carbonyl (C=O) groups excluding carboxylic acids is 1. The number of nitrogens with zero attached hydrogens (tertiary/aromatic N) is 3. The van der Waals surface area contributed by atoms with E-state index in [0.717, 1.165) is 0 Å². The van der Waals surface area contributed by atoms with E-state index in [1.54, 1.807) is 24.3 Å². The number of esters is 1. The van der Waals surface area contributed by atoms with E-state index >= 15 is 0 Å². The molecule has 2 aromatic rings. The smallest absolute Gasteiger partial charge is 0.303 e. The Morgan fingerprint density at radius 1 is 1.26 bits per heavy atom. The second kappa shape index (κ2) is 7.26. The molecule has 1 unspecified atom stereocenters. The minimum absolute atomic E-state index is 0.0638. The van der Waals surface area contributed by atoms with Crippen molar-refractivity contribution in [3.63, 3.8) is 0 Å². The molecule has 0 aliphatic carbocycles. The highest BCUT2D eigenvalue weighted by Crippen LogP contribution is 2.43. The maximum Gasteiger partial charge on any atom is 0.303 e. The lowest BCUT2D eigenvalue weighted by molar-refractivity contribution is -0.161. The Labute approximate surface area is 153 Å². The molecule has 0 saturated carbocycles. The van der Waals surface area contributed by atoms with Gasteiger partial charge in [0, 0.05) is 18.4 Å². The quantitative estimate of drug-likeness (QED) is 0.562. The Balaban J connectivity index is 2.51. The molecule has 1 aromatic carbocycles. The van der Waals surface area contributed by atoms with Crippen LogP contribution in [0.5, 0.6) is 0 Å². The van der Waals surface area contributed by atoms with Crippen molar-refractivity contribution in [1.29, 1.82) is 0 Å². The number of rotatable bonds is 5. The molecule has 0 radical (unpaired) electrons. The Kier molecular flexibility index (Phi) is 5.79. The Morgan fingerprint density at radius 2 is 1.91 bits per heavy atom. The number of carbonyl (C=O) groups is 1. The van der Waals surface area contributed by atoms with Gasteiger partial charge in [0.15, 0.2) is 9.39 Å². The molecule has 1 aromatic heterocycles. The van der Waals surface area contributed by atoms with Crippen LogP contribution in [-0.4, -0.2) is 24.5 Å². The minimum atomic E-state index is -1.64. The van der Waals surface area contributed by atoms with E-state index in [1.807, 2.05) is 0 Å². The number of ether oxygens (including phenoxy) is 1. The molecule has 23 heavy (non-hydrogen) atoms. The van der Waals surface area contributed by atoms with Crippen LogP contribution in [0.25, 0.3) is 0 Å².